The van der Waals surface area contributed by atoms with E-state index in [9.17, 15) is 0 Å². The first-order chi connectivity index (χ1) is 15.8. The van der Waals surface area contributed by atoms with Gasteiger partial charge in [0, 0.05) is 26.2 Å². The molecule has 180 valence electrons. The van der Waals surface area contributed by atoms with Gasteiger partial charge in [0.05, 0.1) is 0 Å². The van der Waals surface area contributed by atoms with Crippen LogP contribution in [0.1, 0.15) is 94.4 Å². The highest BCUT2D eigenvalue weighted by molar-refractivity contribution is 5.42. The Morgan fingerprint density at radius 1 is 0.909 bits per heavy atom. The van der Waals surface area contributed by atoms with E-state index >= 15 is 0 Å². The Labute approximate surface area is 203 Å². The molecule has 2 aromatic carbocycles. The van der Waals surface area contributed by atoms with Crippen molar-refractivity contribution < 1.29 is 0 Å². The Morgan fingerprint density at radius 2 is 1.67 bits per heavy atom. The van der Waals surface area contributed by atoms with Crippen molar-refractivity contribution >= 4 is 0 Å². The Morgan fingerprint density at radius 3 is 2.42 bits per heavy atom. The van der Waals surface area contributed by atoms with Crippen LogP contribution < -0.4 is 10.6 Å². The number of rotatable bonds is 9. The summed E-state index contributed by atoms with van der Waals surface area (Å²) in [5.41, 5.74) is 6.94. The third kappa shape index (κ3) is 5.23. The monoisotopic (exact) mass is 446 g/mol. The van der Waals surface area contributed by atoms with E-state index in [2.05, 4.69) is 93.8 Å². The molecule has 2 aliphatic carbocycles. The quantitative estimate of drug-likeness (QED) is 0.414. The second-order valence-electron chi connectivity index (χ2n) is 11.8. The lowest BCUT2D eigenvalue weighted by Crippen LogP contribution is -2.53. The van der Waals surface area contributed by atoms with Crippen molar-refractivity contribution in [3.63, 3.8) is 0 Å². The van der Waals surface area contributed by atoms with Crippen molar-refractivity contribution in [1.82, 2.24) is 10.6 Å². The number of aryl methyl sites for hydroxylation is 1. The van der Waals surface area contributed by atoms with Gasteiger partial charge in [0.15, 0.2) is 0 Å². The van der Waals surface area contributed by atoms with Crippen molar-refractivity contribution in [2.45, 2.75) is 84.0 Å². The molecule has 2 heteroatoms. The van der Waals surface area contributed by atoms with Gasteiger partial charge in [-0.15, -0.1) is 0 Å². The Hall–Kier alpha value is -1.64. The first-order valence-electron chi connectivity index (χ1n) is 13.4. The van der Waals surface area contributed by atoms with Crippen LogP contribution in [0.25, 0.3) is 0 Å². The summed E-state index contributed by atoms with van der Waals surface area (Å²) in [5.74, 6) is 1.95. The third-order valence-corrected chi connectivity index (χ3v) is 8.99. The fourth-order valence-corrected chi connectivity index (χ4v) is 6.98. The van der Waals surface area contributed by atoms with Crippen molar-refractivity contribution in [3.8, 4) is 0 Å². The fourth-order valence-electron chi connectivity index (χ4n) is 6.98. The third-order valence-electron chi connectivity index (χ3n) is 8.99. The summed E-state index contributed by atoms with van der Waals surface area (Å²) in [5, 5.41) is 7.51. The van der Waals surface area contributed by atoms with E-state index in [0.717, 1.165) is 32.1 Å². The van der Waals surface area contributed by atoms with Crippen LogP contribution in [0.2, 0.25) is 0 Å². The van der Waals surface area contributed by atoms with Gasteiger partial charge >= 0.3 is 0 Å². The van der Waals surface area contributed by atoms with Crippen molar-refractivity contribution in [2.24, 2.45) is 11.3 Å². The molecule has 0 saturated heterocycles. The van der Waals surface area contributed by atoms with Gasteiger partial charge in [-0.25, -0.2) is 0 Å². The predicted octanol–water partition coefficient (Wildman–Crippen LogP) is 6.80. The molecule has 0 heterocycles. The first kappa shape index (κ1) is 24.5. The van der Waals surface area contributed by atoms with Crippen LogP contribution in [0, 0.1) is 11.3 Å². The van der Waals surface area contributed by atoms with Gasteiger partial charge in [-0.05, 0) is 76.5 Å². The zero-order valence-corrected chi connectivity index (χ0v) is 21.7. The molecule has 1 saturated carbocycles. The average Bonchev–Trinajstić information content (AvgIpc) is 2.81. The predicted molar refractivity (Wildman–Crippen MR) is 142 cm³/mol. The summed E-state index contributed by atoms with van der Waals surface area (Å²) in [4.78, 5) is 0. The van der Waals surface area contributed by atoms with Gasteiger partial charge in [-0.2, -0.15) is 0 Å². The maximum absolute atomic E-state index is 3.84. The molecule has 2 nitrogen and oxygen atoms in total. The van der Waals surface area contributed by atoms with Gasteiger partial charge < -0.3 is 10.6 Å². The average molecular weight is 447 g/mol. The number of nitrogens with one attached hydrogen (secondary N) is 2. The van der Waals surface area contributed by atoms with Gasteiger partial charge in [0.25, 0.3) is 0 Å². The zero-order chi connectivity index (χ0) is 23.5. The highest BCUT2D eigenvalue weighted by Gasteiger charge is 2.51. The minimum atomic E-state index is 0.334. The number of fused-ring (bicyclic) bond motifs is 3. The Bertz CT molecular complexity index is 904. The van der Waals surface area contributed by atoms with Crippen molar-refractivity contribution in [1.29, 1.82) is 0 Å². The smallest absolute Gasteiger partial charge is 0.00769 e. The number of benzene rings is 2. The van der Waals surface area contributed by atoms with Crippen LogP contribution >= 0.6 is 0 Å². The maximum Gasteiger partial charge on any atom is 0.00769 e. The fraction of sp³-hybridized carbons (Fsp3) is 0.613. The summed E-state index contributed by atoms with van der Waals surface area (Å²) in [6.45, 7) is 16.4. The molecular formula is C31H46N2. The Balaban J connectivity index is 1.31. The molecule has 0 bridgehead atoms. The van der Waals surface area contributed by atoms with Crippen LogP contribution in [-0.2, 0) is 11.8 Å². The largest absolute Gasteiger partial charge is 0.315 e. The molecule has 1 unspecified atom stereocenters. The first-order valence-corrected chi connectivity index (χ1v) is 13.4. The van der Waals surface area contributed by atoms with E-state index in [1.54, 1.807) is 11.1 Å². The number of hydrogen-bond donors (Lipinski definition) is 2. The van der Waals surface area contributed by atoms with Crippen LogP contribution in [0.15, 0.2) is 48.5 Å². The summed E-state index contributed by atoms with van der Waals surface area (Å²) in [6, 6.07) is 18.3. The molecule has 4 rings (SSSR count). The number of hydrogen-bond acceptors (Lipinski definition) is 2. The van der Waals surface area contributed by atoms with E-state index < -0.39 is 0 Å². The Kier molecular flexibility index (Phi) is 7.66. The lowest BCUT2D eigenvalue weighted by molar-refractivity contribution is 0.0261. The standard InChI is InChI=1S/C31H46N2/c1-23(2)26-12-14-28-27(20-26)13-15-29-30(4,16-9-17-31(28,29)5)22-33-19-18-32-21-24(3)25-10-7-6-8-11-25/h6-8,10-12,14,20,23-24,29,32-33H,9,13,15-19,21-22H2,1-5H3/t24?,29-,30-,31+/m0/s1. The summed E-state index contributed by atoms with van der Waals surface area (Å²) < 4.78 is 0. The van der Waals surface area contributed by atoms with E-state index in [1.165, 1.54) is 43.2 Å². The zero-order valence-electron chi connectivity index (χ0n) is 21.7. The molecule has 0 aromatic heterocycles. The molecule has 0 amide bonds. The van der Waals surface area contributed by atoms with Crippen LogP contribution in [0.5, 0.6) is 0 Å². The SMILES string of the molecule is CC(C)c1ccc2c(c1)CC[C@H]1[C@](C)(CNCCNCC(C)c3ccccc3)CCC[C@]21C. The molecule has 2 aliphatic rings. The van der Waals surface area contributed by atoms with E-state index in [4.69, 9.17) is 0 Å². The minimum Gasteiger partial charge on any atom is -0.315 e. The van der Waals surface area contributed by atoms with Crippen molar-refractivity contribution in [2.75, 3.05) is 26.2 Å². The van der Waals surface area contributed by atoms with Crippen molar-refractivity contribution in [3.05, 3.63) is 70.8 Å². The van der Waals surface area contributed by atoms with Gasteiger partial charge in [0.2, 0.25) is 0 Å². The van der Waals surface area contributed by atoms with Gasteiger partial charge in [-0.1, -0.05) is 89.6 Å². The van der Waals surface area contributed by atoms with Crippen LogP contribution in [-0.4, -0.2) is 26.2 Å². The summed E-state index contributed by atoms with van der Waals surface area (Å²) in [6.07, 6.45) is 6.66. The van der Waals surface area contributed by atoms with E-state index in [0.29, 0.717) is 22.7 Å². The molecular weight excluding hydrogens is 400 g/mol. The van der Waals surface area contributed by atoms with E-state index in [-0.39, 0.29) is 0 Å². The lowest BCUT2D eigenvalue weighted by Gasteiger charge is -2.55. The van der Waals surface area contributed by atoms with Crippen LogP contribution in [0.3, 0.4) is 0 Å². The van der Waals surface area contributed by atoms with Crippen LogP contribution in [0.4, 0.5) is 0 Å². The highest BCUT2D eigenvalue weighted by Crippen LogP contribution is 2.57. The topological polar surface area (TPSA) is 24.1 Å². The summed E-state index contributed by atoms with van der Waals surface area (Å²) >= 11 is 0. The van der Waals surface area contributed by atoms with Gasteiger partial charge in [0.1, 0.15) is 0 Å². The molecule has 2 N–H and O–H groups in total. The molecule has 2 aromatic rings. The molecule has 4 atom stereocenters. The molecule has 0 aliphatic heterocycles. The minimum absolute atomic E-state index is 0.334. The molecule has 1 fully saturated rings. The molecule has 33 heavy (non-hydrogen) atoms. The van der Waals surface area contributed by atoms with Gasteiger partial charge in [-0.3, -0.25) is 0 Å². The normalized spacial score (nSPS) is 27.8. The second kappa shape index (κ2) is 10.3. The molecule has 0 radical (unpaired) electrons. The highest BCUT2D eigenvalue weighted by atomic mass is 14.9. The summed E-state index contributed by atoms with van der Waals surface area (Å²) in [7, 11) is 0. The molecule has 0 spiro atoms. The second-order valence-corrected chi connectivity index (χ2v) is 11.8. The van der Waals surface area contributed by atoms with E-state index in [1.807, 2.05) is 0 Å². The lowest BCUT2D eigenvalue weighted by atomic mass is 9.49. The maximum atomic E-state index is 3.84.